The fourth-order valence-electron chi connectivity index (χ4n) is 1.30. The summed E-state index contributed by atoms with van der Waals surface area (Å²) >= 11 is -1.75. The predicted molar refractivity (Wildman–Crippen MR) is 40.8 cm³/mol. The van der Waals surface area contributed by atoms with Crippen LogP contribution in [0.1, 0.15) is 26.2 Å². The van der Waals surface area contributed by atoms with E-state index in [9.17, 15) is 4.21 Å². The van der Waals surface area contributed by atoms with E-state index in [-0.39, 0.29) is 6.04 Å². The third kappa shape index (κ3) is 1.78. The molecule has 0 aromatic carbocycles. The summed E-state index contributed by atoms with van der Waals surface area (Å²) in [5, 5.41) is 0. The summed E-state index contributed by atoms with van der Waals surface area (Å²) in [7, 11) is 0. The van der Waals surface area contributed by atoms with Gasteiger partial charge in [-0.1, -0.05) is 6.42 Å². The van der Waals surface area contributed by atoms with Gasteiger partial charge in [0.15, 0.2) is 0 Å². The number of hydrogen-bond donors (Lipinski definition) is 1. The van der Waals surface area contributed by atoms with E-state index in [4.69, 9.17) is 4.55 Å². The van der Waals surface area contributed by atoms with E-state index in [1.165, 1.54) is 6.42 Å². The molecule has 1 fully saturated rings. The van der Waals surface area contributed by atoms with E-state index in [2.05, 4.69) is 0 Å². The summed E-state index contributed by atoms with van der Waals surface area (Å²) in [6, 6.07) is 0.277. The van der Waals surface area contributed by atoms with Crippen molar-refractivity contribution in [3.05, 3.63) is 0 Å². The van der Waals surface area contributed by atoms with Crippen molar-refractivity contribution < 1.29 is 8.76 Å². The zero-order chi connectivity index (χ0) is 7.56. The molecule has 0 bridgehead atoms. The van der Waals surface area contributed by atoms with Crippen molar-refractivity contribution in [2.24, 2.45) is 0 Å². The van der Waals surface area contributed by atoms with Crippen molar-refractivity contribution in [3.63, 3.8) is 0 Å². The van der Waals surface area contributed by atoms with Crippen molar-refractivity contribution in [2.45, 2.75) is 32.2 Å². The SMILES string of the molecule is CC1CCCCN1S(=O)O. The molecule has 0 amide bonds. The molecule has 1 rings (SSSR count). The lowest BCUT2D eigenvalue weighted by Gasteiger charge is -2.28. The van der Waals surface area contributed by atoms with Crippen LogP contribution in [-0.4, -0.2) is 25.7 Å². The lowest BCUT2D eigenvalue weighted by molar-refractivity contribution is 0.264. The maximum absolute atomic E-state index is 10.6. The monoisotopic (exact) mass is 163 g/mol. The highest BCUT2D eigenvalue weighted by Gasteiger charge is 2.21. The Balaban J connectivity index is 2.47. The molecule has 60 valence electrons. The smallest absolute Gasteiger partial charge is 0.234 e. The summed E-state index contributed by atoms with van der Waals surface area (Å²) in [5.74, 6) is 0. The fraction of sp³-hybridized carbons (Fsp3) is 1.00. The topological polar surface area (TPSA) is 40.5 Å². The van der Waals surface area contributed by atoms with Gasteiger partial charge in [0.25, 0.3) is 0 Å². The van der Waals surface area contributed by atoms with Crippen LogP contribution in [0.5, 0.6) is 0 Å². The van der Waals surface area contributed by atoms with Gasteiger partial charge in [-0.2, -0.15) is 4.31 Å². The van der Waals surface area contributed by atoms with Gasteiger partial charge in [-0.25, -0.2) is 4.21 Å². The van der Waals surface area contributed by atoms with Crippen molar-refractivity contribution in [2.75, 3.05) is 6.54 Å². The second-order valence-electron chi connectivity index (χ2n) is 2.72. The average molecular weight is 163 g/mol. The van der Waals surface area contributed by atoms with Gasteiger partial charge >= 0.3 is 0 Å². The number of piperidine rings is 1. The van der Waals surface area contributed by atoms with Crippen LogP contribution in [0.4, 0.5) is 0 Å². The largest absolute Gasteiger partial charge is 0.294 e. The van der Waals surface area contributed by atoms with Gasteiger partial charge in [-0.15, -0.1) is 0 Å². The van der Waals surface area contributed by atoms with E-state index in [1.807, 2.05) is 6.92 Å². The summed E-state index contributed by atoms with van der Waals surface area (Å²) in [6.07, 6.45) is 3.29. The molecule has 10 heavy (non-hydrogen) atoms. The highest BCUT2D eigenvalue weighted by molar-refractivity contribution is 7.76. The Morgan fingerprint density at radius 3 is 2.70 bits per heavy atom. The standard InChI is InChI=1S/C6H13NO2S/c1-6-4-2-3-5-7(6)10(8)9/h6H,2-5H2,1H3,(H,8,9). The van der Waals surface area contributed by atoms with Gasteiger partial charge in [0.2, 0.25) is 11.3 Å². The van der Waals surface area contributed by atoms with Crippen molar-refractivity contribution >= 4 is 11.3 Å². The van der Waals surface area contributed by atoms with E-state index < -0.39 is 11.3 Å². The first kappa shape index (κ1) is 8.17. The highest BCUT2D eigenvalue weighted by atomic mass is 32.2. The van der Waals surface area contributed by atoms with Gasteiger partial charge < -0.3 is 0 Å². The van der Waals surface area contributed by atoms with Crippen LogP contribution in [0.25, 0.3) is 0 Å². The highest BCUT2D eigenvalue weighted by Crippen LogP contribution is 2.16. The molecule has 1 N–H and O–H groups in total. The molecule has 1 heterocycles. The first-order valence-corrected chi connectivity index (χ1v) is 4.66. The Morgan fingerprint density at radius 1 is 1.60 bits per heavy atom. The van der Waals surface area contributed by atoms with Gasteiger partial charge in [0.1, 0.15) is 0 Å². The maximum Gasteiger partial charge on any atom is 0.234 e. The first-order valence-electron chi connectivity index (χ1n) is 3.59. The molecular formula is C6H13NO2S. The summed E-state index contributed by atoms with van der Waals surface area (Å²) in [6.45, 7) is 2.76. The van der Waals surface area contributed by atoms with Gasteiger partial charge in [0, 0.05) is 12.6 Å². The molecule has 0 aromatic heterocycles. The Hall–Kier alpha value is 0.0700. The Kier molecular flexibility index (Phi) is 2.82. The van der Waals surface area contributed by atoms with Crippen molar-refractivity contribution in [3.8, 4) is 0 Å². The third-order valence-electron chi connectivity index (χ3n) is 1.94. The van der Waals surface area contributed by atoms with Crippen molar-refractivity contribution in [1.29, 1.82) is 0 Å². The molecule has 1 saturated heterocycles. The van der Waals surface area contributed by atoms with Gasteiger partial charge in [-0.3, -0.25) is 4.55 Å². The molecule has 4 heteroatoms. The molecule has 0 radical (unpaired) electrons. The normalized spacial score (nSPS) is 32.0. The number of hydrogen-bond acceptors (Lipinski definition) is 1. The maximum atomic E-state index is 10.6. The molecular weight excluding hydrogens is 150 g/mol. The molecule has 1 aliphatic rings. The summed E-state index contributed by atoms with van der Waals surface area (Å²) in [5.41, 5.74) is 0. The zero-order valence-corrected chi connectivity index (χ0v) is 6.93. The predicted octanol–water partition coefficient (Wildman–Crippen LogP) is 0.998. The van der Waals surface area contributed by atoms with E-state index in [1.54, 1.807) is 4.31 Å². The Bertz CT molecular complexity index is 140. The lowest BCUT2D eigenvalue weighted by atomic mass is 10.1. The number of rotatable bonds is 1. The molecule has 2 unspecified atom stereocenters. The second kappa shape index (κ2) is 3.46. The quantitative estimate of drug-likeness (QED) is 0.586. The van der Waals surface area contributed by atoms with Gasteiger partial charge in [0.05, 0.1) is 0 Å². The average Bonchev–Trinajstić information content (AvgIpc) is 1.88. The third-order valence-corrected chi connectivity index (χ3v) is 2.89. The van der Waals surface area contributed by atoms with Crippen LogP contribution in [0.3, 0.4) is 0 Å². The fourth-order valence-corrected chi connectivity index (χ4v) is 2.00. The molecule has 0 aliphatic carbocycles. The summed E-state index contributed by atoms with van der Waals surface area (Å²) in [4.78, 5) is 0. The molecule has 1 aliphatic heterocycles. The Labute approximate surface area is 63.8 Å². The Morgan fingerprint density at radius 2 is 2.30 bits per heavy atom. The zero-order valence-electron chi connectivity index (χ0n) is 6.12. The minimum absolute atomic E-state index is 0.277. The van der Waals surface area contributed by atoms with Crippen LogP contribution >= 0.6 is 0 Å². The summed E-state index contributed by atoms with van der Waals surface area (Å²) < 4.78 is 21.0. The molecule has 0 aromatic rings. The van der Waals surface area contributed by atoms with Crippen LogP contribution in [0, 0.1) is 0 Å². The van der Waals surface area contributed by atoms with Gasteiger partial charge in [-0.05, 0) is 19.8 Å². The number of nitrogens with zero attached hydrogens (tertiary/aromatic N) is 1. The second-order valence-corrected chi connectivity index (χ2v) is 3.65. The molecule has 3 nitrogen and oxygen atoms in total. The van der Waals surface area contributed by atoms with Crippen LogP contribution in [-0.2, 0) is 11.3 Å². The minimum atomic E-state index is -1.75. The van der Waals surface area contributed by atoms with E-state index in [0.717, 1.165) is 19.4 Å². The molecule has 2 atom stereocenters. The molecule has 0 saturated carbocycles. The van der Waals surface area contributed by atoms with Crippen LogP contribution < -0.4 is 0 Å². The van der Waals surface area contributed by atoms with E-state index in [0.29, 0.717) is 0 Å². The lowest BCUT2D eigenvalue weighted by Crippen LogP contribution is -2.38. The minimum Gasteiger partial charge on any atom is -0.294 e. The molecule has 0 spiro atoms. The van der Waals surface area contributed by atoms with Crippen LogP contribution in [0.15, 0.2) is 0 Å². The first-order chi connectivity index (χ1) is 4.72. The van der Waals surface area contributed by atoms with Crippen molar-refractivity contribution in [1.82, 2.24) is 4.31 Å². The van der Waals surface area contributed by atoms with Crippen LogP contribution in [0.2, 0.25) is 0 Å². The van der Waals surface area contributed by atoms with E-state index >= 15 is 0 Å².